The molecule has 0 saturated heterocycles. The first-order valence-electron chi connectivity index (χ1n) is 9.97. The molecular weight excluding hydrogens is 420 g/mol. The van der Waals surface area contributed by atoms with E-state index in [1.807, 2.05) is 30.3 Å². The van der Waals surface area contributed by atoms with Crippen LogP contribution in [-0.4, -0.2) is 39.8 Å². The van der Waals surface area contributed by atoms with Crippen LogP contribution >= 0.6 is 0 Å². The van der Waals surface area contributed by atoms with E-state index in [2.05, 4.69) is 5.32 Å². The molecule has 0 radical (unpaired) electrons. The Morgan fingerprint density at radius 3 is 2.34 bits per heavy atom. The van der Waals surface area contributed by atoms with Crippen LogP contribution < -0.4 is 11.1 Å². The van der Waals surface area contributed by atoms with Gasteiger partial charge >= 0.3 is 0 Å². The lowest BCUT2D eigenvalue weighted by Crippen LogP contribution is -2.56. The Bertz CT molecular complexity index is 1020. The third-order valence-corrected chi connectivity index (χ3v) is 5.05. The van der Waals surface area contributed by atoms with Crippen molar-refractivity contribution in [1.82, 2.24) is 10.2 Å². The first kappa shape index (κ1) is 23.2. The standard InChI is InChI=1S/C23H23F2N3O4/c1-13(26)22(31)28(23(32)20(29)15-10-16(24)12-17(25)11-15)19-9-5-8-18(27-21(19)30)14-6-3-2-4-7-14/h2-7,9-13,18-20,29H,8,26H2,1H3,(H,27,30)/t13-,18+,19-,20+/m0/s1. The highest BCUT2D eigenvalue weighted by atomic mass is 19.1. The predicted octanol–water partition coefficient (Wildman–Crippen LogP) is 1.89. The van der Waals surface area contributed by atoms with Crippen LogP contribution in [0, 0.1) is 11.6 Å². The Kier molecular flexibility index (Phi) is 7.12. The van der Waals surface area contributed by atoms with Gasteiger partial charge < -0.3 is 16.2 Å². The monoisotopic (exact) mass is 443 g/mol. The SMILES string of the molecule is C[C@H](N)C(=O)N(C(=O)[C@H](O)c1cc(F)cc(F)c1)[C@H]1C=CC[C@H](c2ccccc2)NC1=O. The minimum Gasteiger partial charge on any atom is -0.378 e. The van der Waals surface area contributed by atoms with Crippen molar-refractivity contribution in [3.05, 3.63) is 83.4 Å². The van der Waals surface area contributed by atoms with Gasteiger partial charge in [0.25, 0.3) is 5.91 Å². The number of nitrogens with one attached hydrogen (secondary N) is 1. The number of carbonyl (C=O) groups excluding carboxylic acids is 3. The van der Waals surface area contributed by atoms with Crippen LogP contribution in [-0.2, 0) is 14.4 Å². The molecule has 2 aromatic carbocycles. The van der Waals surface area contributed by atoms with E-state index in [4.69, 9.17) is 5.73 Å². The number of imide groups is 1. The van der Waals surface area contributed by atoms with Crippen LogP contribution in [0.2, 0.25) is 0 Å². The molecule has 4 N–H and O–H groups in total. The van der Waals surface area contributed by atoms with Gasteiger partial charge in [-0.25, -0.2) is 8.78 Å². The maximum atomic E-state index is 13.6. The number of nitrogens with two attached hydrogens (primary N) is 1. The Morgan fingerprint density at radius 1 is 1.12 bits per heavy atom. The molecule has 0 saturated carbocycles. The molecule has 9 heteroatoms. The Hall–Kier alpha value is -3.43. The molecule has 168 valence electrons. The number of halogens is 2. The summed E-state index contributed by atoms with van der Waals surface area (Å²) in [5, 5.41) is 13.3. The average molecular weight is 443 g/mol. The minimum atomic E-state index is -2.09. The molecule has 0 fully saturated rings. The molecule has 0 bridgehead atoms. The number of nitrogens with zero attached hydrogens (tertiary/aromatic N) is 1. The molecule has 3 rings (SSSR count). The normalized spacial score (nSPS) is 20.1. The summed E-state index contributed by atoms with van der Waals surface area (Å²) in [6, 6.07) is 8.28. The van der Waals surface area contributed by atoms with Crippen LogP contribution in [0.1, 0.15) is 36.6 Å². The topological polar surface area (TPSA) is 113 Å². The molecule has 1 heterocycles. The molecule has 7 nitrogen and oxygen atoms in total. The number of carbonyl (C=O) groups is 3. The van der Waals surface area contributed by atoms with Crippen LogP contribution in [0.4, 0.5) is 8.78 Å². The summed E-state index contributed by atoms with van der Waals surface area (Å²) < 4.78 is 27.2. The van der Waals surface area contributed by atoms with Gasteiger partial charge in [-0.05, 0) is 36.6 Å². The predicted molar refractivity (Wildman–Crippen MR) is 112 cm³/mol. The smallest absolute Gasteiger partial charge is 0.263 e. The maximum absolute atomic E-state index is 13.6. The minimum absolute atomic E-state index is 0.393. The van der Waals surface area contributed by atoms with E-state index in [1.165, 1.54) is 13.0 Å². The summed E-state index contributed by atoms with van der Waals surface area (Å²) >= 11 is 0. The molecule has 3 amide bonds. The molecule has 0 unspecified atom stereocenters. The van der Waals surface area contributed by atoms with Gasteiger partial charge in [0.15, 0.2) is 6.10 Å². The van der Waals surface area contributed by atoms with Crippen molar-refractivity contribution in [1.29, 1.82) is 0 Å². The van der Waals surface area contributed by atoms with E-state index < -0.39 is 59.1 Å². The number of amides is 3. The zero-order valence-electron chi connectivity index (χ0n) is 17.2. The fraction of sp³-hybridized carbons (Fsp3) is 0.261. The zero-order valence-corrected chi connectivity index (χ0v) is 17.2. The Balaban J connectivity index is 1.92. The molecular formula is C23H23F2N3O4. The van der Waals surface area contributed by atoms with E-state index in [9.17, 15) is 28.3 Å². The number of aliphatic hydroxyl groups excluding tert-OH is 1. The van der Waals surface area contributed by atoms with E-state index in [0.29, 0.717) is 17.4 Å². The molecule has 32 heavy (non-hydrogen) atoms. The van der Waals surface area contributed by atoms with Gasteiger partial charge in [0.05, 0.1) is 12.1 Å². The van der Waals surface area contributed by atoms with Crippen molar-refractivity contribution in [3.63, 3.8) is 0 Å². The summed E-state index contributed by atoms with van der Waals surface area (Å²) in [5.74, 6) is -4.81. The van der Waals surface area contributed by atoms with Crippen LogP contribution in [0.15, 0.2) is 60.7 Å². The number of hydrogen-bond donors (Lipinski definition) is 3. The second kappa shape index (κ2) is 9.80. The van der Waals surface area contributed by atoms with Gasteiger partial charge in [0, 0.05) is 6.07 Å². The first-order chi connectivity index (χ1) is 15.2. The lowest BCUT2D eigenvalue weighted by Gasteiger charge is -2.30. The lowest BCUT2D eigenvalue weighted by atomic mass is 10.0. The number of hydrogen-bond acceptors (Lipinski definition) is 5. The van der Waals surface area contributed by atoms with E-state index in [0.717, 1.165) is 17.7 Å². The molecule has 1 aliphatic rings. The average Bonchev–Trinajstić information content (AvgIpc) is 2.95. The van der Waals surface area contributed by atoms with Crippen molar-refractivity contribution in [2.45, 2.75) is 37.6 Å². The third-order valence-electron chi connectivity index (χ3n) is 5.05. The summed E-state index contributed by atoms with van der Waals surface area (Å²) in [7, 11) is 0. The summed E-state index contributed by atoms with van der Waals surface area (Å²) in [5.41, 5.74) is 6.11. The van der Waals surface area contributed by atoms with Crippen molar-refractivity contribution >= 4 is 17.7 Å². The second-order valence-corrected chi connectivity index (χ2v) is 7.52. The number of benzene rings is 2. The van der Waals surface area contributed by atoms with Gasteiger partial charge in [-0.15, -0.1) is 0 Å². The molecule has 0 aliphatic carbocycles. The first-order valence-corrected chi connectivity index (χ1v) is 9.97. The third kappa shape index (κ3) is 5.06. The zero-order chi connectivity index (χ0) is 23.4. The quantitative estimate of drug-likeness (QED) is 0.611. The Labute approximate surface area is 183 Å². The van der Waals surface area contributed by atoms with E-state index in [1.54, 1.807) is 6.08 Å². The van der Waals surface area contributed by atoms with Gasteiger partial charge in [0.2, 0.25) is 11.8 Å². The highest BCUT2D eigenvalue weighted by molar-refractivity contribution is 6.04. The summed E-state index contributed by atoms with van der Waals surface area (Å²) in [6.45, 7) is 1.32. The van der Waals surface area contributed by atoms with Gasteiger partial charge in [-0.2, -0.15) is 0 Å². The molecule has 4 atom stereocenters. The van der Waals surface area contributed by atoms with Crippen molar-refractivity contribution in [2.24, 2.45) is 5.73 Å². The van der Waals surface area contributed by atoms with Crippen LogP contribution in [0.3, 0.4) is 0 Å². The second-order valence-electron chi connectivity index (χ2n) is 7.52. The molecule has 1 aliphatic heterocycles. The van der Waals surface area contributed by atoms with Crippen molar-refractivity contribution in [2.75, 3.05) is 0 Å². The van der Waals surface area contributed by atoms with Crippen molar-refractivity contribution in [3.8, 4) is 0 Å². The summed E-state index contributed by atoms with van der Waals surface area (Å²) in [4.78, 5) is 39.4. The fourth-order valence-corrected chi connectivity index (χ4v) is 3.46. The van der Waals surface area contributed by atoms with Gasteiger partial charge in [-0.1, -0.05) is 42.5 Å². The number of aliphatic hydroxyl groups is 1. The maximum Gasteiger partial charge on any atom is 0.263 e. The molecule has 0 spiro atoms. The van der Waals surface area contributed by atoms with E-state index in [-0.39, 0.29) is 0 Å². The van der Waals surface area contributed by atoms with Crippen LogP contribution in [0.5, 0.6) is 0 Å². The summed E-state index contributed by atoms with van der Waals surface area (Å²) in [6.07, 6.45) is 1.33. The molecule has 2 aromatic rings. The van der Waals surface area contributed by atoms with Gasteiger partial charge in [-0.3, -0.25) is 19.3 Å². The number of rotatable bonds is 5. The lowest BCUT2D eigenvalue weighted by molar-refractivity contribution is -0.156. The largest absolute Gasteiger partial charge is 0.378 e. The van der Waals surface area contributed by atoms with Crippen LogP contribution in [0.25, 0.3) is 0 Å². The van der Waals surface area contributed by atoms with E-state index >= 15 is 0 Å². The van der Waals surface area contributed by atoms with Gasteiger partial charge in [0.1, 0.15) is 17.7 Å². The Morgan fingerprint density at radius 2 is 1.75 bits per heavy atom. The highest BCUT2D eigenvalue weighted by Crippen LogP contribution is 2.24. The highest BCUT2D eigenvalue weighted by Gasteiger charge is 2.39. The molecule has 0 aromatic heterocycles. The fourth-order valence-electron chi connectivity index (χ4n) is 3.46. The van der Waals surface area contributed by atoms with Crippen molar-refractivity contribution < 1.29 is 28.3 Å².